The Hall–Kier alpha value is -2.09. The molecule has 0 bridgehead atoms. The van der Waals surface area contributed by atoms with Crippen LogP contribution >= 0.6 is 0 Å². The second-order valence-electron chi connectivity index (χ2n) is 11.6. The van der Waals surface area contributed by atoms with Crippen LogP contribution in [-0.2, 0) is 16.1 Å². The van der Waals surface area contributed by atoms with Crippen LogP contribution in [0.1, 0.15) is 96.7 Å². The predicted molar refractivity (Wildman–Crippen MR) is 134 cm³/mol. The van der Waals surface area contributed by atoms with Gasteiger partial charge >= 0.3 is 6.09 Å². The van der Waals surface area contributed by atoms with Crippen molar-refractivity contribution in [1.29, 1.82) is 0 Å². The van der Waals surface area contributed by atoms with Crippen LogP contribution in [0, 0.1) is 5.41 Å². The first kappa shape index (κ1) is 26.5. The minimum Gasteiger partial charge on any atom is -0.444 e. The van der Waals surface area contributed by atoms with E-state index in [1.165, 1.54) is 11.3 Å². The van der Waals surface area contributed by atoms with E-state index in [1.807, 2.05) is 27.0 Å². The molecule has 1 aromatic heterocycles. The van der Waals surface area contributed by atoms with Crippen molar-refractivity contribution in [3.8, 4) is 0 Å². The number of hydrogen-bond donors (Lipinski definition) is 2. The predicted octanol–water partition coefficient (Wildman–Crippen LogP) is 4.43. The van der Waals surface area contributed by atoms with E-state index in [0.717, 1.165) is 58.0 Å². The molecule has 1 aliphatic carbocycles. The summed E-state index contributed by atoms with van der Waals surface area (Å²) in [6.07, 6.45) is 8.62. The smallest absolute Gasteiger partial charge is 0.410 e. The minimum atomic E-state index is -0.489. The van der Waals surface area contributed by atoms with Crippen molar-refractivity contribution >= 4 is 12.0 Å². The van der Waals surface area contributed by atoms with E-state index in [0.29, 0.717) is 12.5 Å². The van der Waals surface area contributed by atoms with Gasteiger partial charge in [-0.25, -0.2) is 4.79 Å². The molecule has 3 rings (SSSR count). The number of rotatable bonds is 8. The largest absolute Gasteiger partial charge is 0.444 e. The van der Waals surface area contributed by atoms with Crippen LogP contribution in [0.15, 0.2) is 6.20 Å². The quantitative estimate of drug-likeness (QED) is 0.580. The van der Waals surface area contributed by atoms with Gasteiger partial charge in [0.05, 0.1) is 11.6 Å². The van der Waals surface area contributed by atoms with Crippen molar-refractivity contribution in [2.24, 2.45) is 5.41 Å². The number of nitrogens with zero attached hydrogens (tertiary/aromatic N) is 3. The number of amides is 2. The Kier molecular flexibility index (Phi) is 8.00. The van der Waals surface area contributed by atoms with Gasteiger partial charge in [0.25, 0.3) is 0 Å². The number of hydrogen-bond acceptors (Lipinski definition) is 5. The Bertz CT molecular complexity index is 847. The van der Waals surface area contributed by atoms with Gasteiger partial charge in [-0.3, -0.25) is 9.89 Å². The normalized spacial score (nSPS) is 24.5. The highest BCUT2D eigenvalue weighted by Crippen LogP contribution is 2.49. The second-order valence-corrected chi connectivity index (χ2v) is 11.6. The molecule has 2 heterocycles. The minimum absolute atomic E-state index is 0.0250. The lowest BCUT2D eigenvalue weighted by Crippen LogP contribution is -2.44. The summed E-state index contributed by atoms with van der Waals surface area (Å²) < 4.78 is 5.44. The summed E-state index contributed by atoms with van der Waals surface area (Å²) >= 11 is 0. The van der Waals surface area contributed by atoms with Gasteiger partial charge in [0, 0.05) is 49.4 Å². The summed E-state index contributed by atoms with van der Waals surface area (Å²) in [5.74, 6) is 0.701. The second kappa shape index (κ2) is 10.3. The van der Waals surface area contributed by atoms with Crippen molar-refractivity contribution in [1.82, 2.24) is 25.3 Å². The molecule has 1 aromatic rings. The molecule has 2 N–H and O–H groups in total. The average Bonchev–Trinajstić information content (AvgIpc) is 3.33. The maximum Gasteiger partial charge on any atom is 0.410 e. The van der Waals surface area contributed by atoms with Crippen molar-refractivity contribution in [3.63, 3.8) is 0 Å². The standard InChI is InChI=1S/C26H45N5O3/c1-8-25(9-2)18-26(28-22(25)32)12-10-19(11-13-26)21-20(16-27-29-21)17-30(6)14-15-31(7)23(33)34-24(3,4)5/h16,19H,8-15,17-18H2,1-7H3,(H,27,29)(H,28,32). The molecule has 8 heteroatoms. The number of ether oxygens (including phenoxy) is 1. The molecule has 0 radical (unpaired) electrons. The van der Waals surface area contributed by atoms with Crippen LogP contribution in [0.25, 0.3) is 0 Å². The molecule has 2 aliphatic rings. The van der Waals surface area contributed by atoms with Gasteiger partial charge in [0.15, 0.2) is 0 Å². The highest BCUT2D eigenvalue weighted by molar-refractivity contribution is 5.86. The molecular formula is C26H45N5O3. The molecule has 0 atom stereocenters. The van der Waals surface area contributed by atoms with Gasteiger partial charge in [-0.05, 0) is 72.8 Å². The number of aromatic nitrogens is 2. The highest BCUT2D eigenvalue weighted by Gasteiger charge is 2.53. The van der Waals surface area contributed by atoms with Crippen LogP contribution in [0.2, 0.25) is 0 Å². The molecule has 1 saturated heterocycles. The van der Waals surface area contributed by atoms with E-state index in [2.05, 4.69) is 41.3 Å². The molecule has 8 nitrogen and oxygen atoms in total. The fourth-order valence-corrected chi connectivity index (χ4v) is 5.65. The maximum atomic E-state index is 12.8. The van der Waals surface area contributed by atoms with Crippen LogP contribution in [0.3, 0.4) is 0 Å². The van der Waals surface area contributed by atoms with Gasteiger partial charge in [0.2, 0.25) is 5.91 Å². The molecule has 34 heavy (non-hydrogen) atoms. The first-order valence-electron chi connectivity index (χ1n) is 12.9. The maximum absolute atomic E-state index is 12.8. The molecule has 0 aromatic carbocycles. The molecular weight excluding hydrogens is 430 g/mol. The molecule has 0 unspecified atom stereocenters. The molecule has 1 aliphatic heterocycles. The fourth-order valence-electron chi connectivity index (χ4n) is 5.65. The van der Waals surface area contributed by atoms with Crippen LogP contribution in [0.5, 0.6) is 0 Å². The van der Waals surface area contributed by atoms with Gasteiger partial charge < -0.3 is 19.9 Å². The number of likely N-dealkylation sites (N-methyl/N-ethyl adjacent to an activating group) is 2. The Labute approximate surface area is 205 Å². The lowest BCUT2D eigenvalue weighted by molar-refractivity contribution is -0.128. The molecule has 2 amide bonds. The summed E-state index contributed by atoms with van der Waals surface area (Å²) in [6.45, 7) is 12.0. The molecule has 1 saturated carbocycles. The lowest BCUT2D eigenvalue weighted by atomic mass is 9.69. The number of carbonyl (C=O) groups excluding carboxylic acids is 2. The van der Waals surface area contributed by atoms with Crippen LogP contribution < -0.4 is 5.32 Å². The molecule has 2 fully saturated rings. The molecule has 1 spiro atoms. The van der Waals surface area contributed by atoms with Crippen LogP contribution in [0.4, 0.5) is 4.79 Å². The monoisotopic (exact) mass is 475 g/mol. The third-order valence-corrected chi connectivity index (χ3v) is 7.96. The van der Waals surface area contributed by atoms with Gasteiger partial charge in [-0.2, -0.15) is 5.10 Å². The third kappa shape index (κ3) is 5.93. The number of H-pyrrole nitrogens is 1. The Morgan fingerprint density at radius 1 is 1.18 bits per heavy atom. The van der Waals surface area contributed by atoms with E-state index in [9.17, 15) is 9.59 Å². The lowest BCUT2D eigenvalue weighted by Gasteiger charge is -2.38. The average molecular weight is 476 g/mol. The third-order valence-electron chi connectivity index (χ3n) is 7.96. The van der Waals surface area contributed by atoms with Crippen molar-refractivity contribution < 1.29 is 14.3 Å². The van der Waals surface area contributed by atoms with Gasteiger partial charge in [-0.15, -0.1) is 0 Å². The van der Waals surface area contributed by atoms with E-state index in [1.54, 1.807) is 11.9 Å². The van der Waals surface area contributed by atoms with Crippen molar-refractivity contribution in [3.05, 3.63) is 17.5 Å². The summed E-state index contributed by atoms with van der Waals surface area (Å²) in [5, 5.41) is 11.0. The zero-order valence-corrected chi connectivity index (χ0v) is 22.3. The fraction of sp³-hybridized carbons (Fsp3) is 0.808. The van der Waals surface area contributed by atoms with Crippen molar-refractivity contribution in [2.75, 3.05) is 27.2 Å². The first-order chi connectivity index (χ1) is 15.9. The highest BCUT2D eigenvalue weighted by atomic mass is 16.6. The Morgan fingerprint density at radius 2 is 1.82 bits per heavy atom. The summed E-state index contributed by atoms with van der Waals surface area (Å²) in [4.78, 5) is 28.8. The van der Waals surface area contributed by atoms with E-state index < -0.39 is 5.60 Å². The number of nitrogens with one attached hydrogen (secondary N) is 2. The Morgan fingerprint density at radius 3 is 2.38 bits per heavy atom. The summed E-state index contributed by atoms with van der Waals surface area (Å²) in [5.41, 5.74) is 1.75. The van der Waals surface area contributed by atoms with Crippen molar-refractivity contribution in [2.45, 2.75) is 103 Å². The molecule has 192 valence electrons. The van der Waals surface area contributed by atoms with E-state index in [-0.39, 0.29) is 23.0 Å². The Balaban J connectivity index is 1.53. The van der Waals surface area contributed by atoms with Gasteiger partial charge in [0.1, 0.15) is 5.60 Å². The van der Waals surface area contributed by atoms with E-state index >= 15 is 0 Å². The van der Waals surface area contributed by atoms with E-state index in [4.69, 9.17) is 4.74 Å². The SMILES string of the molecule is CCC1(CC)CC2(CCC(c3[nH]ncc3CN(C)CCN(C)C(=O)OC(C)(C)C)CC2)NC1=O. The van der Waals surface area contributed by atoms with Gasteiger partial charge in [-0.1, -0.05) is 13.8 Å². The number of carbonyl (C=O) groups is 2. The summed E-state index contributed by atoms with van der Waals surface area (Å²) in [6, 6.07) is 0. The number of aromatic amines is 1. The summed E-state index contributed by atoms with van der Waals surface area (Å²) in [7, 11) is 3.84. The zero-order chi connectivity index (χ0) is 25.1. The zero-order valence-electron chi connectivity index (χ0n) is 22.3. The topological polar surface area (TPSA) is 90.6 Å². The van der Waals surface area contributed by atoms with Crippen LogP contribution in [-0.4, -0.2) is 70.3 Å². The first-order valence-corrected chi connectivity index (χ1v) is 12.9.